The normalized spacial score (nSPS) is 12.4. The molecule has 10 heteroatoms. The second-order valence-corrected chi connectivity index (χ2v) is 6.51. The molecule has 1 aromatic rings. The summed E-state index contributed by atoms with van der Waals surface area (Å²) in [6.07, 6.45) is -1.30. The van der Waals surface area contributed by atoms with E-state index in [-0.39, 0.29) is 18.3 Å². The van der Waals surface area contributed by atoms with Crippen molar-refractivity contribution in [2.75, 3.05) is 11.9 Å². The predicted octanol–water partition coefficient (Wildman–Crippen LogP) is 1.26. The Kier molecular flexibility index (Phi) is 8.71. The number of halogens is 1. The van der Waals surface area contributed by atoms with E-state index in [1.54, 1.807) is 24.3 Å². The Labute approximate surface area is 154 Å². The number of nitrogens with one attached hydrogen (secondary N) is 3. The molecule has 0 aliphatic rings. The Morgan fingerprint density at radius 2 is 1.92 bits per heavy atom. The number of carbonyl (C=O) groups is 2. The summed E-state index contributed by atoms with van der Waals surface area (Å²) in [6, 6.07) is 6.97. The first-order valence-electron chi connectivity index (χ1n) is 7.60. The summed E-state index contributed by atoms with van der Waals surface area (Å²) in [5, 5.41) is 8.50. The van der Waals surface area contributed by atoms with Crippen molar-refractivity contribution in [1.29, 1.82) is 0 Å². The molecule has 0 spiro atoms. The quantitative estimate of drug-likeness (QED) is 0.196. The molecule has 0 aliphatic carbocycles. The number of carbonyl (C=O) groups excluding carboxylic acids is 2. The maximum atomic E-state index is 12.3. The molecule has 1 rings (SSSR count). The van der Waals surface area contributed by atoms with Gasteiger partial charge >= 0.3 is 6.09 Å². The van der Waals surface area contributed by atoms with E-state index in [1.165, 1.54) is 0 Å². The van der Waals surface area contributed by atoms with Crippen molar-refractivity contribution in [3.8, 4) is 0 Å². The van der Waals surface area contributed by atoms with Crippen LogP contribution in [0.2, 0.25) is 0 Å². The monoisotopic (exact) mass is 414 g/mol. The van der Waals surface area contributed by atoms with Gasteiger partial charge in [0, 0.05) is 10.2 Å². The zero-order valence-electron chi connectivity index (χ0n) is 14.1. The lowest BCUT2D eigenvalue weighted by Gasteiger charge is -2.19. The molecule has 1 atom stereocenters. The number of amides is 2. The van der Waals surface area contributed by atoms with Gasteiger partial charge < -0.3 is 21.3 Å². The number of ether oxygens (including phenoxy) is 1. The number of rotatable bonds is 7. The number of nitrogens with two attached hydrogens (primary N) is 2. The van der Waals surface area contributed by atoms with Gasteiger partial charge in [0.05, 0.1) is 6.54 Å². The fourth-order valence-corrected chi connectivity index (χ4v) is 2.13. The number of hydrazone groups is 1. The van der Waals surface area contributed by atoms with Crippen molar-refractivity contribution in [2.45, 2.75) is 26.4 Å². The summed E-state index contributed by atoms with van der Waals surface area (Å²) in [7, 11) is 0. The second-order valence-electron chi connectivity index (χ2n) is 5.59. The molecule has 0 bridgehead atoms. The predicted molar refractivity (Wildman–Crippen MR) is 99.4 cm³/mol. The van der Waals surface area contributed by atoms with Crippen LogP contribution in [0.3, 0.4) is 0 Å². The second kappa shape index (κ2) is 10.5. The summed E-state index contributed by atoms with van der Waals surface area (Å²) < 4.78 is 6.14. The van der Waals surface area contributed by atoms with E-state index in [0.29, 0.717) is 12.1 Å². The minimum atomic E-state index is -0.952. The molecule has 25 heavy (non-hydrogen) atoms. The van der Waals surface area contributed by atoms with Crippen LogP contribution in [0, 0.1) is 5.92 Å². The van der Waals surface area contributed by atoms with Gasteiger partial charge in [0.1, 0.15) is 0 Å². The molecule has 1 aromatic carbocycles. The minimum Gasteiger partial charge on any atom is -0.436 e. The van der Waals surface area contributed by atoms with Crippen LogP contribution in [-0.4, -0.2) is 30.5 Å². The van der Waals surface area contributed by atoms with E-state index in [1.807, 2.05) is 13.8 Å². The van der Waals surface area contributed by atoms with Crippen molar-refractivity contribution < 1.29 is 14.3 Å². The van der Waals surface area contributed by atoms with Crippen molar-refractivity contribution in [3.05, 3.63) is 28.7 Å². The number of hydrogen-bond donors (Lipinski definition) is 5. The summed E-state index contributed by atoms with van der Waals surface area (Å²) in [5.74, 6) is 10.2. The third-order valence-corrected chi connectivity index (χ3v) is 3.60. The van der Waals surface area contributed by atoms with E-state index in [2.05, 4.69) is 37.1 Å². The number of hydrogen-bond acceptors (Lipinski definition) is 6. The van der Waals surface area contributed by atoms with E-state index in [0.717, 1.165) is 4.47 Å². The van der Waals surface area contributed by atoms with Gasteiger partial charge in [-0.3, -0.25) is 10.1 Å². The molecule has 0 saturated heterocycles. The lowest BCUT2D eigenvalue weighted by Crippen LogP contribution is -2.45. The average molecular weight is 415 g/mol. The largest absolute Gasteiger partial charge is 0.436 e. The molecule has 9 nitrogen and oxygen atoms in total. The van der Waals surface area contributed by atoms with E-state index < -0.39 is 18.1 Å². The highest BCUT2D eigenvalue weighted by Crippen LogP contribution is 2.15. The molecule has 0 fully saturated rings. The molecule has 0 aliphatic heterocycles. The van der Waals surface area contributed by atoms with Crippen LogP contribution in [0.15, 0.2) is 33.8 Å². The number of nitrogens with zero attached hydrogens (tertiary/aromatic N) is 1. The Bertz CT molecular complexity index is 606. The summed E-state index contributed by atoms with van der Waals surface area (Å²) in [5.41, 5.74) is 2.81. The Morgan fingerprint density at radius 1 is 1.28 bits per heavy atom. The fourth-order valence-electron chi connectivity index (χ4n) is 1.87. The molecular formula is C15H23BrN6O3. The van der Waals surface area contributed by atoms with Gasteiger partial charge in [-0.1, -0.05) is 29.8 Å². The van der Waals surface area contributed by atoms with Crippen LogP contribution < -0.4 is 27.7 Å². The Morgan fingerprint density at radius 3 is 2.44 bits per heavy atom. The summed E-state index contributed by atoms with van der Waals surface area (Å²) >= 11 is 3.31. The van der Waals surface area contributed by atoms with Crippen LogP contribution >= 0.6 is 15.9 Å². The van der Waals surface area contributed by atoms with Gasteiger partial charge in [-0.25, -0.2) is 10.6 Å². The summed E-state index contributed by atoms with van der Waals surface area (Å²) in [6.45, 7) is 3.84. The zero-order chi connectivity index (χ0) is 18.8. The highest BCUT2D eigenvalue weighted by molar-refractivity contribution is 9.10. The van der Waals surface area contributed by atoms with Crippen molar-refractivity contribution in [3.63, 3.8) is 0 Å². The molecule has 7 N–H and O–H groups in total. The third-order valence-electron chi connectivity index (χ3n) is 3.07. The van der Waals surface area contributed by atoms with E-state index in [9.17, 15) is 9.59 Å². The topological polar surface area (TPSA) is 144 Å². The fraction of sp³-hybridized carbons (Fsp3) is 0.400. The molecule has 1 unspecified atom stereocenters. The van der Waals surface area contributed by atoms with E-state index >= 15 is 0 Å². The highest BCUT2D eigenvalue weighted by atomic mass is 79.9. The molecular weight excluding hydrogens is 392 g/mol. The SMILES string of the molecule is CC(C)CC(OC(=O)Nc1ccc(Br)cc1)C(=O)NC/C(=N/N)NN. The summed E-state index contributed by atoms with van der Waals surface area (Å²) in [4.78, 5) is 24.3. The van der Waals surface area contributed by atoms with E-state index in [4.69, 9.17) is 16.4 Å². The van der Waals surface area contributed by atoms with Gasteiger partial charge in [-0.2, -0.15) is 5.10 Å². The van der Waals surface area contributed by atoms with Gasteiger partial charge in [0.15, 0.2) is 11.9 Å². The number of amidine groups is 1. The first-order chi connectivity index (χ1) is 11.8. The Hall–Kier alpha value is -2.33. The smallest absolute Gasteiger partial charge is 0.412 e. The molecule has 138 valence electrons. The molecule has 0 saturated carbocycles. The molecule has 0 aromatic heterocycles. The molecule has 0 heterocycles. The van der Waals surface area contributed by atoms with Crippen molar-refractivity contribution in [2.24, 2.45) is 22.7 Å². The van der Waals surface area contributed by atoms with Crippen molar-refractivity contribution in [1.82, 2.24) is 10.7 Å². The van der Waals surface area contributed by atoms with Crippen molar-refractivity contribution >= 4 is 39.5 Å². The maximum Gasteiger partial charge on any atom is 0.412 e. The molecule has 2 amide bonds. The highest BCUT2D eigenvalue weighted by Gasteiger charge is 2.24. The standard InChI is InChI=1S/C15H23BrN6O3/c1-9(2)7-12(14(23)19-8-13(21-17)22-18)25-15(24)20-11-5-3-10(16)4-6-11/h3-6,9,12H,7-8,17-18H2,1-2H3,(H,19,23)(H,20,24)(H,21,22). The van der Waals surface area contributed by atoms with Crippen LogP contribution in [0.1, 0.15) is 20.3 Å². The van der Waals surface area contributed by atoms with Gasteiger partial charge in [0.2, 0.25) is 0 Å². The third kappa shape index (κ3) is 7.86. The van der Waals surface area contributed by atoms with Gasteiger partial charge in [0.25, 0.3) is 5.91 Å². The lowest BCUT2D eigenvalue weighted by atomic mass is 10.1. The average Bonchev–Trinajstić information content (AvgIpc) is 2.56. The lowest BCUT2D eigenvalue weighted by molar-refractivity contribution is -0.129. The Balaban J connectivity index is 2.65. The van der Waals surface area contributed by atoms with Crippen LogP contribution in [0.4, 0.5) is 10.5 Å². The van der Waals surface area contributed by atoms with Crippen LogP contribution in [-0.2, 0) is 9.53 Å². The first-order valence-corrected chi connectivity index (χ1v) is 8.39. The van der Waals surface area contributed by atoms with Gasteiger partial charge in [-0.15, -0.1) is 0 Å². The first kappa shape index (κ1) is 20.7. The van der Waals surface area contributed by atoms with Crippen LogP contribution in [0.5, 0.6) is 0 Å². The van der Waals surface area contributed by atoms with Crippen LogP contribution in [0.25, 0.3) is 0 Å². The molecule has 0 radical (unpaired) electrons. The number of benzene rings is 1. The maximum absolute atomic E-state index is 12.3. The number of hydrazine groups is 1. The zero-order valence-corrected chi connectivity index (χ0v) is 15.7. The number of anilines is 1. The van der Waals surface area contributed by atoms with Gasteiger partial charge in [-0.05, 0) is 36.6 Å². The minimum absolute atomic E-state index is 0.00187.